The number of nitrogens with zero attached hydrogens (tertiary/aromatic N) is 2. The van der Waals surface area contributed by atoms with Gasteiger partial charge < -0.3 is 20.3 Å². The zero-order valence-electron chi connectivity index (χ0n) is 11.5. The molecular weight excluding hydrogens is 260 g/mol. The smallest absolute Gasteiger partial charge is 0.317 e. The number of aromatic nitrogens is 2. The number of imidazole rings is 1. The topological polar surface area (TPSA) is 98.3 Å². The molecule has 3 N–H and O–H groups in total. The zero-order valence-corrected chi connectivity index (χ0v) is 11.5. The maximum absolute atomic E-state index is 12.1. The molecule has 0 spiro atoms. The van der Waals surface area contributed by atoms with Crippen molar-refractivity contribution in [3.05, 3.63) is 18.2 Å². The van der Waals surface area contributed by atoms with Gasteiger partial charge in [-0.3, -0.25) is 4.79 Å². The molecule has 2 amide bonds. The quantitative estimate of drug-likeness (QED) is 0.758. The summed E-state index contributed by atoms with van der Waals surface area (Å²) in [5, 5.41) is 11.6. The minimum atomic E-state index is -0.778. The third-order valence-corrected chi connectivity index (χ3v) is 3.61. The maximum atomic E-state index is 12.1. The lowest BCUT2D eigenvalue weighted by atomic mass is 10.0. The van der Waals surface area contributed by atoms with Gasteiger partial charge in [0.25, 0.3) is 0 Å². The van der Waals surface area contributed by atoms with Crippen LogP contribution >= 0.6 is 0 Å². The van der Waals surface area contributed by atoms with Crippen molar-refractivity contribution in [3.63, 3.8) is 0 Å². The first kappa shape index (κ1) is 14.4. The van der Waals surface area contributed by atoms with Crippen molar-refractivity contribution < 1.29 is 14.7 Å². The van der Waals surface area contributed by atoms with Crippen molar-refractivity contribution in [2.45, 2.75) is 32.2 Å². The van der Waals surface area contributed by atoms with Gasteiger partial charge in [-0.1, -0.05) is 0 Å². The molecule has 1 saturated heterocycles. The molecule has 1 aliphatic heterocycles. The summed E-state index contributed by atoms with van der Waals surface area (Å²) >= 11 is 0. The molecule has 0 saturated carbocycles. The lowest BCUT2D eigenvalue weighted by molar-refractivity contribution is -0.137. The number of hydrogen-bond acceptors (Lipinski definition) is 3. The fraction of sp³-hybridized carbons (Fsp3) is 0.615. The van der Waals surface area contributed by atoms with Gasteiger partial charge in [-0.2, -0.15) is 0 Å². The number of carboxylic acids is 1. The summed E-state index contributed by atoms with van der Waals surface area (Å²) in [4.78, 5) is 31.4. The van der Waals surface area contributed by atoms with E-state index in [9.17, 15) is 9.59 Å². The summed E-state index contributed by atoms with van der Waals surface area (Å²) in [7, 11) is 0. The molecule has 7 heteroatoms. The Labute approximate surface area is 117 Å². The SMILES string of the molecule is CC(NC(=O)N1CCC(CCC(=O)O)C1)c1ncc[nH]1. The third kappa shape index (κ3) is 3.72. The van der Waals surface area contributed by atoms with E-state index in [1.54, 1.807) is 17.3 Å². The Balaban J connectivity index is 1.78. The number of carboxylic acid groups (broad SMARTS) is 1. The van der Waals surface area contributed by atoms with Gasteiger partial charge >= 0.3 is 12.0 Å². The zero-order chi connectivity index (χ0) is 14.5. The lowest BCUT2D eigenvalue weighted by Crippen LogP contribution is -2.40. The Morgan fingerprint density at radius 1 is 1.65 bits per heavy atom. The van der Waals surface area contributed by atoms with Crippen LogP contribution in [0, 0.1) is 5.92 Å². The molecule has 2 heterocycles. The molecule has 0 radical (unpaired) electrons. The second-order valence-electron chi connectivity index (χ2n) is 5.18. The molecule has 110 valence electrons. The fourth-order valence-corrected chi connectivity index (χ4v) is 2.44. The molecule has 20 heavy (non-hydrogen) atoms. The Hall–Kier alpha value is -2.05. The number of likely N-dealkylation sites (tertiary alicyclic amines) is 1. The highest BCUT2D eigenvalue weighted by atomic mass is 16.4. The molecule has 2 atom stereocenters. The molecule has 1 aliphatic rings. The highest BCUT2D eigenvalue weighted by Gasteiger charge is 2.27. The molecule has 0 bridgehead atoms. The van der Waals surface area contributed by atoms with Crippen LogP contribution in [0.4, 0.5) is 4.79 Å². The molecule has 0 aliphatic carbocycles. The molecule has 1 fully saturated rings. The summed E-state index contributed by atoms with van der Waals surface area (Å²) in [6.07, 6.45) is 5.04. The number of nitrogens with one attached hydrogen (secondary N) is 2. The van der Waals surface area contributed by atoms with Crippen LogP contribution in [-0.4, -0.2) is 45.1 Å². The standard InChI is InChI=1S/C13H20N4O3/c1-9(12-14-5-6-15-12)16-13(20)17-7-4-10(8-17)2-3-11(18)19/h5-6,9-10H,2-4,7-8H2,1H3,(H,14,15)(H,16,20)(H,18,19). The minimum Gasteiger partial charge on any atom is -0.481 e. The largest absolute Gasteiger partial charge is 0.481 e. The van der Waals surface area contributed by atoms with E-state index in [0.717, 1.165) is 12.2 Å². The van der Waals surface area contributed by atoms with Crippen molar-refractivity contribution in [1.82, 2.24) is 20.2 Å². The first-order valence-electron chi connectivity index (χ1n) is 6.82. The second kappa shape index (κ2) is 6.40. The van der Waals surface area contributed by atoms with Crippen LogP contribution < -0.4 is 5.32 Å². The summed E-state index contributed by atoms with van der Waals surface area (Å²) in [5.41, 5.74) is 0. The summed E-state index contributed by atoms with van der Waals surface area (Å²) in [6, 6.07) is -0.290. The number of aromatic amines is 1. The van der Waals surface area contributed by atoms with Gasteiger partial charge in [0.05, 0.1) is 6.04 Å². The van der Waals surface area contributed by atoms with Crippen molar-refractivity contribution in [1.29, 1.82) is 0 Å². The van der Waals surface area contributed by atoms with Crippen LogP contribution in [0.5, 0.6) is 0 Å². The van der Waals surface area contributed by atoms with Gasteiger partial charge in [0, 0.05) is 31.9 Å². The number of rotatable bonds is 5. The van der Waals surface area contributed by atoms with E-state index in [4.69, 9.17) is 5.11 Å². The summed E-state index contributed by atoms with van der Waals surface area (Å²) in [6.45, 7) is 3.18. The van der Waals surface area contributed by atoms with Crippen LogP contribution in [0.15, 0.2) is 12.4 Å². The average Bonchev–Trinajstić information content (AvgIpc) is 3.07. The van der Waals surface area contributed by atoms with Gasteiger partial charge in [0.15, 0.2) is 0 Å². The highest BCUT2D eigenvalue weighted by Crippen LogP contribution is 2.21. The number of H-pyrrole nitrogens is 1. The van der Waals surface area contributed by atoms with Gasteiger partial charge in [-0.25, -0.2) is 9.78 Å². The number of amides is 2. The van der Waals surface area contributed by atoms with E-state index >= 15 is 0 Å². The normalized spacial score (nSPS) is 19.9. The maximum Gasteiger partial charge on any atom is 0.317 e. The Morgan fingerprint density at radius 3 is 3.10 bits per heavy atom. The van der Waals surface area contributed by atoms with E-state index in [1.165, 1.54) is 0 Å². The average molecular weight is 280 g/mol. The molecule has 0 aromatic carbocycles. The number of hydrogen-bond donors (Lipinski definition) is 3. The van der Waals surface area contributed by atoms with Gasteiger partial charge in [-0.15, -0.1) is 0 Å². The monoisotopic (exact) mass is 280 g/mol. The number of aliphatic carboxylic acids is 1. The first-order chi connectivity index (χ1) is 9.56. The van der Waals surface area contributed by atoms with Crippen LogP contribution in [0.25, 0.3) is 0 Å². The van der Waals surface area contributed by atoms with E-state index in [0.29, 0.717) is 19.5 Å². The fourth-order valence-electron chi connectivity index (χ4n) is 2.44. The minimum absolute atomic E-state index is 0.119. The van der Waals surface area contributed by atoms with Gasteiger partial charge in [-0.05, 0) is 25.7 Å². The third-order valence-electron chi connectivity index (χ3n) is 3.61. The van der Waals surface area contributed by atoms with E-state index in [2.05, 4.69) is 15.3 Å². The van der Waals surface area contributed by atoms with E-state index in [-0.39, 0.29) is 24.4 Å². The predicted octanol–water partition coefficient (Wildman–Crippen LogP) is 1.37. The first-order valence-corrected chi connectivity index (χ1v) is 6.82. The Bertz CT molecular complexity index is 460. The second-order valence-corrected chi connectivity index (χ2v) is 5.18. The number of carbonyl (C=O) groups is 2. The molecule has 7 nitrogen and oxygen atoms in total. The molecule has 1 aromatic rings. The van der Waals surface area contributed by atoms with Crippen LogP contribution in [-0.2, 0) is 4.79 Å². The number of urea groups is 1. The van der Waals surface area contributed by atoms with Crippen molar-refractivity contribution in [2.24, 2.45) is 5.92 Å². The van der Waals surface area contributed by atoms with Crippen molar-refractivity contribution >= 4 is 12.0 Å². The number of carbonyl (C=O) groups excluding carboxylic acids is 1. The van der Waals surface area contributed by atoms with Crippen LogP contribution in [0.3, 0.4) is 0 Å². The summed E-state index contributed by atoms with van der Waals surface area (Å²) < 4.78 is 0. The van der Waals surface area contributed by atoms with Crippen LogP contribution in [0.2, 0.25) is 0 Å². The Morgan fingerprint density at radius 2 is 2.45 bits per heavy atom. The molecule has 1 aromatic heterocycles. The Kier molecular flexibility index (Phi) is 4.60. The van der Waals surface area contributed by atoms with Gasteiger partial charge in [0.2, 0.25) is 0 Å². The molecule has 2 rings (SSSR count). The van der Waals surface area contributed by atoms with E-state index < -0.39 is 5.97 Å². The predicted molar refractivity (Wildman–Crippen MR) is 72.1 cm³/mol. The van der Waals surface area contributed by atoms with Crippen molar-refractivity contribution in [3.8, 4) is 0 Å². The van der Waals surface area contributed by atoms with E-state index in [1.807, 2.05) is 6.92 Å². The van der Waals surface area contributed by atoms with Crippen molar-refractivity contribution in [2.75, 3.05) is 13.1 Å². The lowest BCUT2D eigenvalue weighted by Gasteiger charge is -2.20. The van der Waals surface area contributed by atoms with Crippen LogP contribution in [0.1, 0.15) is 38.1 Å². The molecular formula is C13H20N4O3. The van der Waals surface area contributed by atoms with Gasteiger partial charge in [0.1, 0.15) is 5.82 Å². The molecule has 2 unspecified atom stereocenters. The summed E-state index contributed by atoms with van der Waals surface area (Å²) in [5.74, 6) is 0.232. The highest BCUT2D eigenvalue weighted by molar-refractivity contribution is 5.74.